The summed E-state index contributed by atoms with van der Waals surface area (Å²) in [5, 5.41) is 14.6. The molecule has 7 nitrogen and oxygen atoms in total. The van der Waals surface area contributed by atoms with Crippen molar-refractivity contribution in [3.63, 3.8) is 0 Å². The monoisotopic (exact) mass is 303 g/mol. The highest BCUT2D eigenvalue weighted by molar-refractivity contribution is 5.79. The molecule has 0 saturated heterocycles. The van der Waals surface area contributed by atoms with E-state index in [0.29, 0.717) is 6.54 Å². The van der Waals surface area contributed by atoms with Crippen molar-refractivity contribution < 1.29 is 0 Å². The van der Waals surface area contributed by atoms with Gasteiger partial charge in [0.1, 0.15) is 12.2 Å². The highest BCUT2D eigenvalue weighted by atomic mass is 15.3. The number of aryl methyl sites for hydroxylation is 1. The summed E-state index contributed by atoms with van der Waals surface area (Å²) in [6, 6.07) is 4.06. The van der Waals surface area contributed by atoms with Crippen LogP contribution in [0.1, 0.15) is 19.7 Å². The zero-order chi connectivity index (χ0) is 15.6. The molecule has 0 aliphatic heterocycles. The van der Waals surface area contributed by atoms with Crippen LogP contribution in [-0.4, -0.2) is 44.9 Å². The van der Waals surface area contributed by atoms with Gasteiger partial charge in [-0.1, -0.05) is 6.92 Å². The third-order valence-corrected chi connectivity index (χ3v) is 3.30. The van der Waals surface area contributed by atoms with Gasteiger partial charge in [-0.05, 0) is 19.1 Å². The van der Waals surface area contributed by atoms with Crippen LogP contribution < -0.4 is 10.6 Å². The van der Waals surface area contributed by atoms with Crippen LogP contribution in [0, 0.1) is 0 Å². The van der Waals surface area contributed by atoms with Gasteiger partial charge in [-0.3, -0.25) is 4.99 Å². The van der Waals surface area contributed by atoms with Gasteiger partial charge in [0.15, 0.2) is 5.96 Å². The van der Waals surface area contributed by atoms with E-state index in [4.69, 9.17) is 0 Å². The van der Waals surface area contributed by atoms with Crippen LogP contribution in [-0.2, 0) is 19.5 Å². The van der Waals surface area contributed by atoms with Crippen LogP contribution in [0.2, 0.25) is 0 Å². The molecule has 0 spiro atoms. The fraction of sp³-hybridized carbons (Fsp3) is 0.533. The SMILES string of the molecule is CCNC(=NCCn1cnnc1CC)NCCn1cccc1. The second-order valence-electron chi connectivity index (χ2n) is 4.90. The van der Waals surface area contributed by atoms with E-state index < -0.39 is 0 Å². The Labute approximate surface area is 131 Å². The second kappa shape index (κ2) is 8.86. The molecule has 0 fully saturated rings. The summed E-state index contributed by atoms with van der Waals surface area (Å²) in [5.74, 6) is 1.85. The lowest BCUT2D eigenvalue weighted by Gasteiger charge is -2.12. The Hall–Kier alpha value is -2.31. The largest absolute Gasteiger partial charge is 0.357 e. The maximum Gasteiger partial charge on any atom is 0.191 e. The highest BCUT2D eigenvalue weighted by Gasteiger charge is 2.01. The number of hydrogen-bond acceptors (Lipinski definition) is 3. The van der Waals surface area contributed by atoms with Crippen molar-refractivity contribution in [3.8, 4) is 0 Å². The number of nitrogens with one attached hydrogen (secondary N) is 2. The van der Waals surface area contributed by atoms with Gasteiger partial charge in [0, 0.05) is 45.0 Å². The molecular formula is C15H25N7. The Morgan fingerprint density at radius 3 is 2.73 bits per heavy atom. The first-order valence-corrected chi connectivity index (χ1v) is 7.83. The maximum atomic E-state index is 4.59. The molecule has 2 rings (SSSR count). The Kier molecular flexibility index (Phi) is 6.47. The Morgan fingerprint density at radius 1 is 1.18 bits per heavy atom. The number of hydrogen-bond donors (Lipinski definition) is 2. The number of aliphatic imine (C=N–C) groups is 1. The molecule has 2 N–H and O–H groups in total. The van der Waals surface area contributed by atoms with E-state index in [1.54, 1.807) is 6.33 Å². The molecule has 0 amide bonds. The minimum Gasteiger partial charge on any atom is -0.357 e. The van der Waals surface area contributed by atoms with E-state index in [9.17, 15) is 0 Å². The highest BCUT2D eigenvalue weighted by Crippen LogP contribution is 1.95. The summed E-state index contributed by atoms with van der Waals surface area (Å²) in [5.41, 5.74) is 0. The number of nitrogens with zero attached hydrogens (tertiary/aromatic N) is 5. The van der Waals surface area contributed by atoms with Crippen LogP contribution in [0.4, 0.5) is 0 Å². The van der Waals surface area contributed by atoms with Crippen molar-refractivity contribution in [1.82, 2.24) is 30.0 Å². The molecule has 0 unspecified atom stereocenters. The van der Waals surface area contributed by atoms with Crippen molar-refractivity contribution in [3.05, 3.63) is 36.7 Å². The van der Waals surface area contributed by atoms with Gasteiger partial charge >= 0.3 is 0 Å². The molecule has 2 aromatic heterocycles. The van der Waals surface area contributed by atoms with Gasteiger partial charge < -0.3 is 19.8 Å². The molecule has 2 aromatic rings. The molecule has 0 radical (unpaired) electrons. The summed E-state index contributed by atoms with van der Waals surface area (Å²) >= 11 is 0. The quantitative estimate of drug-likeness (QED) is 0.561. The van der Waals surface area contributed by atoms with Crippen molar-refractivity contribution in [2.45, 2.75) is 33.4 Å². The molecule has 120 valence electrons. The standard InChI is InChI=1S/C15H25N7/c1-3-14-20-19-13-22(14)12-8-18-15(16-4-2)17-7-11-21-9-5-6-10-21/h5-6,9-10,13H,3-4,7-8,11-12H2,1-2H3,(H2,16,17,18). The lowest BCUT2D eigenvalue weighted by atomic mass is 10.4. The molecule has 0 aliphatic carbocycles. The minimum absolute atomic E-state index is 0.698. The fourth-order valence-electron chi connectivity index (χ4n) is 2.17. The first-order valence-electron chi connectivity index (χ1n) is 7.83. The molecule has 0 atom stereocenters. The number of rotatable bonds is 8. The van der Waals surface area contributed by atoms with E-state index >= 15 is 0 Å². The fourth-order valence-corrected chi connectivity index (χ4v) is 2.17. The lowest BCUT2D eigenvalue weighted by Crippen LogP contribution is -2.39. The van der Waals surface area contributed by atoms with Crippen molar-refractivity contribution in [1.29, 1.82) is 0 Å². The predicted molar refractivity (Wildman–Crippen MR) is 87.8 cm³/mol. The average Bonchev–Trinajstić information content (AvgIpc) is 3.18. The molecule has 0 bridgehead atoms. The summed E-state index contributed by atoms with van der Waals surface area (Å²) in [4.78, 5) is 4.59. The van der Waals surface area contributed by atoms with Gasteiger partial charge in [0.25, 0.3) is 0 Å². The van der Waals surface area contributed by atoms with Gasteiger partial charge in [-0.2, -0.15) is 0 Å². The summed E-state index contributed by atoms with van der Waals surface area (Å²) in [7, 11) is 0. The third-order valence-electron chi connectivity index (χ3n) is 3.30. The van der Waals surface area contributed by atoms with Gasteiger partial charge in [0.05, 0.1) is 6.54 Å². The average molecular weight is 303 g/mol. The molecule has 0 aromatic carbocycles. The van der Waals surface area contributed by atoms with Crippen LogP contribution in [0.15, 0.2) is 35.8 Å². The molecule has 7 heteroatoms. The van der Waals surface area contributed by atoms with Crippen LogP contribution in [0.5, 0.6) is 0 Å². The summed E-state index contributed by atoms with van der Waals surface area (Å²) < 4.78 is 4.19. The second-order valence-corrected chi connectivity index (χ2v) is 4.90. The van der Waals surface area contributed by atoms with Crippen molar-refractivity contribution in [2.75, 3.05) is 19.6 Å². The van der Waals surface area contributed by atoms with Crippen LogP contribution in [0.3, 0.4) is 0 Å². The topological polar surface area (TPSA) is 72.1 Å². The van der Waals surface area contributed by atoms with E-state index in [1.165, 1.54) is 0 Å². The van der Waals surface area contributed by atoms with Crippen LogP contribution >= 0.6 is 0 Å². The number of guanidine groups is 1. The van der Waals surface area contributed by atoms with Gasteiger partial charge in [-0.25, -0.2) is 0 Å². The summed E-state index contributed by atoms with van der Waals surface area (Å²) in [6.07, 6.45) is 6.77. The molecule has 0 aliphatic rings. The third kappa shape index (κ3) is 4.91. The smallest absolute Gasteiger partial charge is 0.191 e. The lowest BCUT2D eigenvalue weighted by molar-refractivity contribution is 0.648. The van der Waals surface area contributed by atoms with E-state index in [0.717, 1.165) is 44.4 Å². The zero-order valence-corrected chi connectivity index (χ0v) is 13.4. The molecule has 0 saturated carbocycles. The maximum absolute atomic E-state index is 4.59. The van der Waals surface area contributed by atoms with Crippen molar-refractivity contribution >= 4 is 5.96 Å². The number of aromatic nitrogens is 4. The van der Waals surface area contributed by atoms with Crippen LogP contribution in [0.25, 0.3) is 0 Å². The first kappa shape index (κ1) is 16.1. The van der Waals surface area contributed by atoms with E-state index in [-0.39, 0.29) is 0 Å². The Bertz CT molecular complexity index is 556. The van der Waals surface area contributed by atoms with Crippen molar-refractivity contribution in [2.24, 2.45) is 4.99 Å². The zero-order valence-electron chi connectivity index (χ0n) is 13.4. The molecular weight excluding hydrogens is 278 g/mol. The van der Waals surface area contributed by atoms with E-state index in [1.807, 2.05) is 16.7 Å². The Morgan fingerprint density at radius 2 is 2.00 bits per heavy atom. The summed E-state index contributed by atoms with van der Waals surface area (Å²) in [6.45, 7) is 8.25. The molecule has 2 heterocycles. The van der Waals surface area contributed by atoms with Gasteiger partial charge in [-0.15, -0.1) is 10.2 Å². The van der Waals surface area contributed by atoms with E-state index in [2.05, 4.69) is 56.6 Å². The predicted octanol–water partition coefficient (Wildman–Crippen LogP) is 0.897. The first-order chi connectivity index (χ1) is 10.8. The van der Waals surface area contributed by atoms with Gasteiger partial charge in [0.2, 0.25) is 0 Å². The Balaban J connectivity index is 1.79. The molecule has 22 heavy (non-hydrogen) atoms. The normalized spacial score (nSPS) is 11.6. The minimum atomic E-state index is 0.698.